The first-order valence-electron chi connectivity index (χ1n) is 9.37. The molecule has 1 N–H and O–H groups in total. The number of rotatable bonds is 7. The molecule has 0 radical (unpaired) electrons. The van der Waals surface area contributed by atoms with Crippen LogP contribution < -0.4 is 9.47 Å². The Balaban J connectivity index is 1.61. The highest BCUT2D eigenvalue weighted by atomic mass is 35.5. The van der Waals surface area contributed by atoms with Gasteiger partial charge in [-0.25, -0.2) is 9.48 Å². The fourth-order valence-electron chi connectivity index (χ4n) is 3.08. The zero-order valence-electron chi connectivity index (χ0n) is 16.5. The molecule has 3 aromatic carbocycles. The SMILES string of the molecule is COc1ccc(Cn2nnc(C(=O)O)c2-c2ccc(Oc3ccc(Cl)cc3)cc2)cc1. The molecule has 31 heavy (non-hydrogen) atoms. The van der Waals surface area contributed by atoms with E-state index in [1.165, 1.54) is 0 Å². The normalized spacial score (nSPS) is 10.6. The van der Waals surface area contributed by atoms with Crippen LogP contribution in [0.4, 0.5) is 0 Å². The predicted molar refractivity (Wildman–Crippen MR) is 116 cm³/mol. The Morgan fingerprint density at radius 3 is 2.10 bits per heavy atom. The van der Waals surface area contributed by atoms with Crippen LogP contribution in [0, 0.1) is 0 Å². The van der Waals surface area contributed by atoms with Gasteiger partial charge in [0.2, 0.25) is 0 Å². The zero-order chi connectivity index (χ0) is 21.8. The number of methoxy groups -OCH3 is 1. The highest BCUT2D eigenvalue weighted by molar-refractivity contribution is 6.30. The third-order valence-corrected chi connectivity index (χ3v) is 4.86. The van der Waals surface area contributed by atoms with Crippen LogP contribution in [-0.2, 0) is 6.54 Å². The summed E-state index contributed by atoms with van der Waals surface area (Å²) < 4.78 is 12.6. The van der Waals surface area contributed by atoms with Gasteiger partial charge in [-0.2, -0.15) is 0 Å². The van der Waals surface area contributed by atoms with E-state index < -0.39 is 5.97 Å². The molecule has 0 saturated carbocycles. The van der Waals surface area contributed by atoms with E-state index in [-0.39, 0.29) is 5.69 Å². The molecule has 0 aliphatic carbocycles. The van der Waals surface area contributed by atoms with Crippen LogP contribution in [0.15, 0.2) is 72.8 Å². The minimum absolute atomic E-state index is 0.111. The lowest BCUT2D eigenvalue weighted by molar-refractivity contribution is 0.0691. The number of hydrogen-bond donors (Lipinski definition) is 1. The number of carboxylic acids is 1. The third kappa shape index (κ3) is 4.67. The number of ether oxygens (including phenoxy) is 2. The van der Waals surface area contributed by atoms with Crippen molar-refractivity contribution in [3.05, 3.63) is 89.1 Å². The molecule has 0 unspecified atom stereocenters. The van der Waals surface area contributed by atoms with Crippen LogP contribution in [0.2, 0.25) is 5.02 Å². The van der Waals surface area contributed by atoms with Crippen molar-refractivity contribution < 1.29 is 19.4 Å². The van der Waals surface area contributed by atoms with Gasteiger partial charge in [-0.3, -0.25) is 0 Å². The molecule has 0 saturated heterocycles. The van der Waals surface area contributed by atoms with Crippen molar-refractivity contribution in [2.45, 2.75) is 6.54 Å². The molecule has 4 rings (SSSR count). The molecule has 0 bridgehead atoms. The van der Waals surface area contributed by atoms with Crippen molar-refractivity contribution in [3.63, 3.8) is 0 Å². The summed E-state index contributed by atoms with van der Waals surface area (Å²) in [6.07, 6.45) is 0. The fraction of sp³-hybridized carbons (Fsp3) is 0.0870. The first kappa shape index (κ1) is 20.4. The maximum atomic E-state index is 11.7. The lowest BCUT2D eigenvalue weighted by Crippen LogP contribution is -2.06. The third-order valence-electron chi connectivity index (χ3n) is 4.61. The molecular weight excluding hydrogens is 418 g/mol. The van der Waals surface area contributed by atoms with Crippen molar-refractivity contribution in [1.82, 2.24) is 15.0 Å². The summed E-state index contributed by atoms with van der Waals surface area (Å²) in [6.45, 7) is 0.364. The number of aromatic carboxylic acids is 1. The molecule has 0 spiro atoms. The monoisotopic (exact) mass is 435 g/mol. The van der Waals surface area contributed by atoms with Crippen LogP contribution in [0.5, 0.6) is 17.2 Å². The van der Waals surface area contributed by atoms with E-state index >= 15 is 0 Å². The van der Waals surface area contributed by atoms with Gasteiger partial charge in [0.05, 0.1) is 13.7 Å². The highest BCUT2D eigenvalue weighted by Crippen LogP contribution is 2.28. The fourth-order valence-corrected chi connectivity index (χ4v) is 3.20. The van der Waals surface area contributed by atoms with Crippen molar-refractivity contribution in [3.8, 4) is 28.5 Å². The zero-order valence-corrected chi connectivity index (χ0v) is 17.3. The van der Waals surface area contributed by atoms with Crippen LogP contribution in [-0.4, -0.2) is 33.2 Å². The minimum atomic E-state index is -1.14. The Labute approximate surface area is 183 Å². The van der Waals surface area contributed by atoms with E-state index in [9.17, 15) is 9.90 Å². The number of nitrogens with zero attached hydrogens (tertiary/aromatic N) is 3. The van der Waals surface area contributed by atoms with E-state index in [1.807, 2.05) is 24.3 Å². The lowest BCUT2D eigenvalue weighted by Gasteiger charge is -2.10. The standard InChI is InChI=1S/C23H18ClN3O4/c1-30-18-8-2-15(3-9-18)14-27-22(21(23(28)29)25-26-27)16-4-10-19(11-5-16)31-20-12-6-17(24)7-13-20/h2-13H,14H2,1H3,(H,28,29). The molecule has 1 heterocycles. The predicted octanol–water partition coefficient (Wildman–Crippen LogP) is 5.15. The van der Waals surface area contributed by atoms with E-state index in [4.69, 9.17) is 21.1 Å². The number of carbonyl (C=O) groups is 1. The molecule has 4 aromatic rings. The number of hydrogen-bond acceptors (Lipinski definition) is 5. The second-order valence-electron chi connectivity index (χ2n) is 6.68. The van der Waals surface area contributed by atoms with Crippen molar-refractivity contribution in [2.24, 2.45) is 0 Å². The number of carboxylic acid groups (broad SMARTS) is 1. The molecule has 8 heteroatoms. The van der Waals surface area contributed by atoms with Crippen molar-refractivity contribution in [1.29, 1.82) is 0 Å². The molecule has 0 amide bonds. The Morgan fingerprint density at radius 1 is 0.935 bits per heavy atom. The summed E-state index contributed by atoms with van der Waals surface area (Å²) >= 11 is 5.90. The van der Waals surface area contributed by atoms with E-state index in [2.05, 4.69) is 10.3 Å². The second-order valence-corrected chi connectivity index (χ2v) is 7.11. The van der Waals surface area contributed by atoms with Gasteiger partial charge in [-0.1, -0.05) is 28.9 Å². The maximum absolute atomic E-state index is 11.7. The summed E-state index contributed by atoms with van der Waals surface area (Å²) in [6, 6.07) is 21.6. The molecule has 0 atom stereocenters. The first-order valence-corrected chi connectivity index (χ1v) is 9.75. The van der Waals surface area contributed by atoms with Gasteiger partial charge in [0.25, 0.3) is 0 Å². The molecule has 1 aromatic heterocycles. The van der Waals surface area contributed by atoms with E-state index in [0.29, 0.717) is 34.3 Å². The maximum Gasteiger partial charge on any atom is 0.358 e. The summed E-state index contributed by atoms with van der Waals surface area (Å²) in [5.74, 6) is 0.856. The van der Waals surface area contributed by atoms with Gasteiger partial charge in [-0.05, 0) is 66.2 Å². The molecule has 7 nitrogen and oxygen atoms in total. The van der Waals surface area contributed by atoms with Crippen LogP contribution >= 0.6 is 11.6 Å². The summed E-state index contributed by atoms with van der Waals surface area (Å²) in [5.41, 5.74) is 1.91. The molecular formula is C23H18ClN3O4. The average molecular weight is 436 g/mol. The van der Waals surface area contributed by atoms with E-state index in [0.717, 1.165) is 11.3 Å². The van der Waals surface area contributed by atoms with Gasteiger partial charge in [0.1, 0.15) is 22.9 Å². The highest BCUT2D eigenvalue weighted by Gasteiger charge is 2.21. The smallest absolute Gasteiger partial charge is 0.358 e. The molecule has 156 valence electrons. The Bertz CT molecular complexity index is 1190. The quantitative estimate of drug-likeness (QED) is 0.432. The van der Waals surface area contributed by atoms with Crippen molar-refractivity contribution >= 4 is 17.6 Å². The van der Waals surface area contributed by atoms with Crippen molar-refractivity contribution in [2.75, 3.05) is 7.11 Å². The Morgan fingerprint density at radius 2 is 1.52 bits per heavy atom. The summed E-state index contributed by atoms with van der Waals surface area (Å²) in [4.78, 5) is 11.7. The van der Waals surface area contributed by atoms with Gasteiger partial charge in [0.15, 0.2) is 5.69 Å². The summed E-state index contributed by atoms with van der Waals surface area (Å²) in [7, 11) is 1.60. The van der Waals surface area contributed by atoms with Gasteiger partial charge < -0.3 is 14.6 Å². The second kappa shape index (κ2) is 8.89. The van der Waals surface area contributed by atoms with E-state index in [1.54, 1.807) is 60.3 Å². The lowest BCUT2D eigenvalue weighted by atomic mass is 10.1. The van der Waals surface area contributed by atoms with Crippen LogP contribution in [0.1, 0.15) is 16.1 Å². The molecule has 0 aliphatic rings. The van der Waals surface area contributed by atoms with Gasteiger partial charge >= 0.3 is 5.97 Å². The number of halogens is 1. The largest absolute Gasteiger partial charge is 0.497 e. The van der Waals surface area contributed by atoms with Gasteiger partial charge in [0, 0.05) is 10.6 Å². The minimum Gasteiger partial charge on any atom is -0.497 e. The van der Waals surface area contributed by atoms with Crippen LogP contribution in [0.25, 0.3) is 11.3 Å². The van der Waals surface area contributed by atoms with Gasteiger partial charge in [-0.15, -0.1) is 5.10 Å². The topological polar surface area (TPSA) is 86.5 Å². The molecule has 0 aliphatic heterocycles. The Hall–Kier alpha value is -3.84. The van der Waals surface area contributed by atoms with Crippen LogP contribution in [0.3, 0.4) is 0 Å². The first-order chi connectivity index (χ1) is 15.0. The average Bonchev–Trinajstić information content (AvgIpc) is 3.20. The summed E-state index contributed by atoms with van der Waals surface area (Å²) in [5, 5.41) is 18.1. The number of benzene rings is 3. The molecule has 0 fully saturated rings. The Kier molecular flexibility index (Phi) is 5.86. The number of aromatic nitrogens is 3.